The summed E-state index contributed by atoms with van der Waals surface area (Å²) in [5.41, 5.74) is -0.572. The van der Waals surface area contributed by atoms with Crippen LogP contribution in [0.3, 0.4) is 0 Å². The van der Waals surface area contributed by atoms with E-state index in [0.717, 1.165) is 19.4 Å². The molecule has 4 nitrogen and oxygen atoms in total. The molecule has 0 aromatic heterocycles. The van der Waals surface area contributed by atoms with Crippen LogP contribution in [0.1, 0.15) is 67.2 Å². The summed E-state index contributed by atoms with van der Waals surface area (Å²) in [5.74, 6) is -0.107. The van der Waals surface area contributed by atoms with E-state index in [1.165, 1.54) is 12.8 Å². The van der Waals surface area contributed by atoms with E-state index in [2.05, 4.69) is 37.9 Å². The maximum Gasteiger partial charge on any atom is 0.326 e. The van der Waals surface area contributed by atoms with Gasteiger partial charge in [0.15, 0.2) is 0 Å². The van der Waals surface area contributed by atoms with Crippen LogP contribution >= 0.6 is 0 Å². The maximum absolute atomic E-state index is 12.4. The van der Waals surface area contributed by atoms with Crippen molar-refractivity contribution < 1.29 is 9.53 Å². The van der Waals surface area contributed by atoms with Crippen LogP contribution in [0.4, 0.5) is 0 Å². The van der Waals surface area contributed by atoms with Gasteiger partial charge in [-0.3, -0.25) is 15.0 Å². The van der Waals surface area contributed by atoms with Crippen molar-refractivity contribution in [3.05, 3.63) is 0 Å². The van der Waals surface area contributed by atoms with Crippen molar-refractivity contribution in [2.75, 3.05) is 13.2 Å². The Labute approximate surface area is 130 Å². The standard InChI is InChI=1S/C17H34N2O2/c1-7-11-19(13(3)4)14(5)12-17(6,16(20)21-8-2)18-15-9-10-15/h13-15,18H,7-12H2,1-6H3. The molecule has 0 saturated heterocycles. The topological polar surface area (TPSA) is 41.6 Å². The maximum atomic E-state index is 12.4. The Morgan fingerprint density at radius 3 is 2.38 bits per heavy atom. The first-order valence-electron chi connectivity index (χ1n) is 8.54. The molecule has 1 aliphatic carbocycles. The zero-order valence-corrected chi connectivity index (χ0v) is 14.7. The Balaban J connectivity index is 2.75. The number of hydrogen-bond donors (Lipinski definition) is 1. The molecular weight excluding hydrogens is 264 g/mol. The minimum atomic E-state index is -0.572. The Morgan fingerprint density at radius 2 is 1.95 bits per heavy atom. The van der Waals surface area contributed by atoms with Crippen molar-refractivity contribution in [1.82, 2.24) is 10.2 Å². The Bertz CT molecular complexity index is 329. The lowest BCUT2D eigenvalue weighted by atomic mass is 9.92. The molecule has 0 aliphatic heterocycles. The molecule has 1 fully saturated rings. The van der Waals surface area contributed by atoms with E-state index >= 15 is 0 Å². The Hall–Kier alpha value is -0.610. The van der Waals surface area contributed by atoms with Gasteiger partial charge >= 0.3 is 5.97 Å². The van der Waals surface area contributed by atoms with E-state index in [-0.39, 0.29) is 5.97 Å². The van der Waals surface area contributed by atoms with E-state index in [9.17, 15) is 4.79 Å². The van der Waals surface area contributed by atoms with E-state index in [0.29, 0.717) is 24.7 Å². The molecule has 0 spiro atoms. The van der Waals surface area contributed by atoms with Crippen LogP contribution in [-0.2, 0) is 9.53 Å². The van der Waals surface area contributed by atoms with Gasteiger partial charge in [-0.25, -0.2) is 0 Å². The molecule has 0 aromatic rings. The summed E-state index contributed by atoms with van der Waals surface area (Å²) in [6, 6.07) is 1.34. The number of esters is 1. The predicted octanol–water partition coefficient (Wildman–Crippen LogP) is 2.96. The monoisotopic (exact) mass is 298 g/mol. The minimum Gasteiger partial charge on any atom is -0.465 e. The zero-order chi connectivity index (χ0) is 16.0. The summed E-state index contributed by atoms with van der Waals surface area (Å²) >= 11 is 0. The molecule has 1 saturated carbocycles. The molecule has 0 bridgehead atoms. The van der Waals surface area contributed by atoms with Gasteiger partial charge in [-0.2, -0.15) is 0 Å². The smallest absolute Gasteiger partial charge is 0.326 e. The van der Waals surface area contributed by atoms with E-state index in [1.54, 1.807) is 0 Å². The number of ether oxygens (including phenoxy) is 1. The van der Waals surface area contributed by atoms with Gasteiger partial charge in [0.25, 0.3) is 0 Å². The van der Waals surface area contributed by atoms with E-state index in [4.69, 9.17) is 4.74 Å². The third kappa shape index (κ3) is 5.59. The van der Waals surface area contributed by atoms with Crippen LogP contribution in [-0.4, -0.2) is 47.7 Å². The highest BCUT2D eigenvalue weighted by molar-refractivity contribution is 5.80. The van der Waals surface area contributed by atoms with Gasteiger partial charge in [0.2, 0.25) is 0 Å². The molecule has 0 radical (unpaired) electrons. The summed E-state index contributed by atoms with van der Waals surface area (Å²) in [6.45, 7) is 14.3. The van der Waals surface area contributed by atoms with E-state index in [1.807, 2.05) is 13.8 Å². The second kappa shape index (κ2) is 8.14. The molecule has 4 heteroatoms. The lowest BCUT2D eigenvalue weighted by molar-refractivity contribution is -0.151. The van der Waals surface area contributed by atoms with Crippen LogP contribution in [0.5, 0.6) is 0 Å². The van der Waals surface area contributed by atoms with Crippen molar-refractivity contribution in [3.8, 4) is 0 Å². The molecule has 2 atom stereocenters. The first-order chi connectivity index (χ1) is 9.84. The van der Waals surface area contributed by atoms with Gasteiger partial charge in [-0.05, 0) is 66.8 Å². The SMILES string of the molecule is CCCN(C(C)C)C(C)CC(C)(NC1CC1)C(=O)OCC. The van der Waals surface area contributed by atoms with Crippen LogP contribution in [0.25, 0.3) is 0 Å². The van der Waals surface area contributed by atoms with Crippen molar-refractivity contribution in [2.24, 2.45) is 0 Å². The first kappa shape index (κ1) is 18.4. The quantitative estimate of drug-likeness (QED) is 0.630. The van der Waals surface area contributed by atoms with Gasteiger partial charge in [0, 0.05) is 18.1 Å². The summed E-state index contributed by atoms with van der Waals surface area (Å²) in [6.07, 6.45) is 4.27. The average molecular weight is 298 g/mol. The lowest BCUT2D eigenvalue weighted by Crippen LogP contribution is -2.55. The van der Waals surface area contributed by atoms with Crippen LogP contribution in [0.2, 0.25) is 0 Å². The molecule has 124 valence electrons. The molecule has 21 heavy (non-hydrogen) atoms. The molecule has 0 heterocycles. The van der Waals surface area contributed by atoms with Crippen molar-refractivity contribution in [1.29, 1.82) is 0 Å². The number of carbonyl (C=O) groups excluding carboxylic acids is 1. The minimum absolute atomic E-state index is 0.107. The molecule has 0 aromatic carbocycles. The molecular formula is C17H34N2O2. The van der Waals surface area contributed by atoms with Crippen LogP contribution < -0.4 is 5.32 Å². The fourth-order valence-corrected chi connectivity index (χ4v) is 3.12. The molecule has 2 unspecified atom stereocenters. The lowest BCUT2D eigenvalue weighted by Gasteiger charge is -2.38. The Morgan fingerprint density at radius 1 is 1.33 bits per heavy atom. The highest BCUT2D eigenvalue weighted by Crippen LogP contribution is 2.27. The van der Waals surface area contributed by atoms with Gasteiger partial charge in [-0.1, -0.05) is 6.92 Å². The fraction of sp³-hybridized carbons (Fsp3) is 0.941. The molecule has 1 N–H and O–H groups in total. The fourth-order valence-electron chi connectivity index (χ4n) is 3.12. The van der Waals surface area contributed by atoms with Gasteiger partial charge in [-0.15, -0.1) is 0 Å². The second-order valence-electron chi connectivity index (χ2n) is 6.86. The first-order valence-corrected chi connectivity index (χ1v) is 8.54. The largest absolute Gasteiger partial charge is 0.465 e. The zero-order valence-electron chi connectivity index (χ0n) is 14.7. The molecule has 1 rings (SSSR count). The Kier molecular flexibility index (Phi) is 7.14. The molecule has 0 amide bonds. The van der Waals surface area contributed by atoms with Crippen LogP contribution in [0.15, 0.2) is 0 Å². The summed E-state index contributed by atoms with van der Waals surface area (Å²) in [4.78, 5) is 14.9. The second-order valence-corrected chi connectivity index (χ2v) is 6.86. The summed E-state index contributed by atoms with van der Waals surface area (Å²) in [5, 5.41) is 3.52. The summed E-state index contributed by atoms with van der Waals surface area (Å²) < 4.78 is 5.32. The summed E-state index contributed by atoms with van der Waals surface area (Å²) in [7, 11) is 0. The average Bonchev–Trinajstić information content (AvgIpc) is 3.19. The molecule has 1 aliphatic rings. The number of carbonyl (C=O) groups is 1. The van der Waals surface area contributed by atoms with Crippen molar-refractivity contribution in [3.63, 3.8) is 0 Å². The van der Waals surface area contributed by atoms with E-state index < -0.39 is 5.54 Å². The van der Waals surface area contributed by atoms with Crippen molar-refractivity contribution >= 4 is 5.97 Å². The highest BCUT2D eigenvalue weighted by Gasteiger charge is 2.41. The number of rotatable bonds is 10. The van der Waals surface area contributed by atoms with Gasteiger partial charge < -0.3 is 4.74 Å². The van der Waals surface area contributed by atoms with Crippen LogP contribution in [0, 0.1) is 0 Å². The predicted molar refractivity (Wildman–Crippen MR) is 87.4 cm³/mol. The third-order valence-corrected chi connectivity index (χ3v) is 4.24. The normalized spacial score (nSPS) is 19.6. The number of nitrogens with one attached hydrogen (secondary N) is 1. The number of hydrogen-bond acceptors (Lipinski definition) is 4. The van der Waals surface area contributed by atoms with Gasteiger partial charge in [0.05, 0.1) is 6.61 Å². The number of nitrogens with zero attached hydrogens (tertiary/aromatic N) is 1. The van der Waals surface area contributed by atoms with Gasteiger partial charge in [0.1, 0.15) is 5.54 Å². The highest BCUT2D eigenvalue weighted by atomic mass is 16.5. The third-order valence-electron chi connectivity index (χ3n) is 4.24. The van der Waals surface area contributed by atoms with Crippen molar-refractivity contribution in [2.45, 2.75) is 90.9 Å².